The molecule has 1 aromatic heterocycles. The van der Waals surface area contributed by atoms with E-state index in [2.05, 4.69) is 15.3 Å². The molecule has 0 radical (unpaired) electrons. The van der Waals surface area contributed by atoms with Crippen LogP contribution < -0.4 is 10.2 Å². The van der Waals surface area contributed by atoms with Crippen LogP contribution in [0.5, 0.6) is 0 Å². The van der Waals surface area contributed by atoms with Crippen molar-refractivity contribution in [2.24, 2.45) is 0 Å². The molecule has 2 amide bonds. The van der Waals surface area contributed by atoms with Crippen LogP contribution in [0.25, 0.3) is 0 Å². The van der Waals surface area contributed by atoms with Gasteiger partial charge >= 0.3 is 0 Å². The van der Waals surface area contributed by atoms with Gasteiger partial charge in [0.1, 0.15) is 17.1 Å². The van der Waals surface area contributed by atoms with E-state index in [9.17, 15) is 9.59 Å². The lowest BCUT2D eigenvalue weighted by atomic mass is 9.95. The van der Waals surface area contributed by atoms with Gasteiger partial charge in [-0.1, -0.05) is 0 Å². The third kappa shape index (κ3) is 3.12. The highest BCUT2D eigenvalue weighted by molar-refractivity contribution is 5.98. The molecule has 1 atom stereocenters. The second kappa shape index (κ2) is 6.91. The van der Waals surface area contributed by atoms with Crippen molar-refractivity contribution >= 4 is 17.6 Å². The predicted octanol–water partition coefficient (Wildman–Crippen LogP) is -0.0902. The van der Waals surface area contributed by atoms with E-state index >= 15 is 0 Å². The van der Waals surface area contributed by atoms with Crippen LogP contribution in [-0.4, -0.2) is 73.6 Å². The Labute approximate surface area is 135 Å². The summed E-state index contributed by atoms with van der Waals surface area (Å²) in [7, 11) is 6.78. The van der Waals surface area contributed by atoms with Crippen LogP contribution in [0.2, 0.25) is 0 Å². The van der Waals surface area contributed by atoms with Crippen molar-refractivity contribution in [1.29, 1.82) is 0 Å². The Hall–Kier alpha value is -2.22. The Morgan fingerprint density at radius 1 is 1.39 bits per heavy atom. The van der Waals surface area contributed by atoms with Gasteiger partial charge in [0.2, 0.25) is 5.91 Å². The lowest BCUT2D eigenvalue weighted by molar-refractivity contribution is -0.133. The van der Waals surface area contributed by atoms with Crippen molar-refractivity contribution < 1.29 is 14.3 Å². The van der Waals surface area contributed by atoms with Crippen molar-refractivity contribution in [3.63, 3.8) is 0 Å². The maximum absolute atomic E-state index is 12.8. The van der Waals surface area contributed by atoms with E-state index in [-0.39, 0.29) is 24.1 Å². The largest absolute Gasteiger partial charge is 0.382 e. The molecule has 1 saturated heterocycles. The van der Waals surface area contributed by atoms with E-state index in [1.165, 1.54) is 13.3 Å². The molecule has 2 heterocycles. The topological polar surface area (TPSA) is 87.7 Å². The summed E-state index contributed by atoms with van der Waals surface area (Å²) < 4.78 is 5.22. The van der Waals surface area contributed by atoms with Gasteiger partial charge in [-0.2, -0.15) is 0 Å². The number of carbonyl (C=O) groups excluding carboxylic acids is 2. The minimum absolute atomic E-state index is 0.154. The van der Waals surface area contributed by atoms with Crippen LogP contribution in [0.4, 0.5) is 5.82 Å². The lowest BCUT2D eigenvalue weighted by Crippen LogP contribution is -2.59. The number of anilines is 1. The zero-order chi connectivity index (χ0) is 17.0. The average Bonchev–Trinajstić information content (AvgIpc) is 2.98. The monoisotopic (exact) mass is 321 g/mol. The second-order valence-electron chi connectivity index (χ2n) is 5.76. The number of ether oxygens (including phenoxy) is 1. The first-order valence-corrected chi connectivity index (χ1v) is 7.48. The first kappa shape index (κ1) is 17.1. The number of likely N-dealkylation sites (tertiary alicyclic amines) is 1. The van der Waals surface area contributed by atoms with Crippen molar-refractivity contribution in [3.8, 4) is 0 Å². The molecule has 1 fully saturated rings. The summed E-state index contributed by atoms with van der Waals surface area (Å²) in [6, 6.07) is 0. The Morgan fingerprint density at radius 2 is 2.13 bits per heavy atom. The molecule has 0 bridgehead atoms. The van der Waals surface area contributed by atoms with Gasteiger partial charge < -0.3 is 19.9 Å². The Bertz CT molecular complexity index is 575. The maximum Gasteiger partial charge on any atom is 0.275 e. The number of likely N-dealkylation sites (N-methyl/N-ethyl adjacent to an activating group) is 1. The van der Waals surface area contributed by atoms with Crippen LogP contribution in [0, 0.1) is 0 Å². The standard InChI is InChI=1S/C15H23N5O3/c1-16-14(22)15(10-23-4)6-5-7-20(15)13(21)11-8-18-12(9-17-11)19(2)3/h8-9H,5-7,10H2,1-4H3,(H,16,22). The van der Waals surface area contributed by atoms with Gasteiger partial charge in [-0.05, 0) is 12.8 Å². The van der Waals surface area contributed by atoms with Gasteiger partial charge in [0, 0.05) is 34.8 Å². The Morgan fingerprint density at radius 3 is 2.65 bits per heavy atom. The zero-order valence-corrected chi connectivity index (χ0v) is 14.0. The van der Waals surface area contributed by atoms with Gasteiger partial charge in [0.25, 0.3) is 5.91 Å². The quantitative estimate of drug-likeness (QED) is 0.815. The molecule has 23 heavy (non-hydrogen) atoms. The van der Waals surface area contributed by atoms with E-state index < -0.39 is 5.54 Å². The van der Waals surface area contributed by atoms with Gasteiger partial charge in [0.05, 0.1) is 19.0 Å². The third-order valence-corrected chi connectivity index (χ3v) is 4.08. The van der Waals surface area contributed by atoms with Crippen molar-refractivity contribution in [1.82, 2.24) is 20.2 Å². The van der Waals surface area contributed by atoms with Crippen molar-refractivity contribution in [2.45, 2.75) is 18.4 Å². The molecule has 0 aliphatic carbocycles. The highest BCUT2D eigenvalue weighted by Gasteiger charge is 2.49. The van der Waals surface area contributed by atoms with Crippen molar-refractivity contribution in [3.05, 3.63) is 18.1 Å². The number of rotatable bonds is 5. The smallest absolute Gasteiger partial charge is 0.275 e. The molecule has 1 unspecified atom stereocenters. The fourth-order valence-electron chi connectivity index (χ4n) is 2.90. The van der Waals surface area contributed by atoms with Crippen LogP contribution in [0.15, 0.2) is 12.4 Å². The fraction of sp³-hybridized carbons (Fsp3) is 0.600. The molecule has 0 saturated carbocycles. The summed E-state index contributed by atoms with van der Waals surface area (Å²) in [6.45, 7) is 0.647. The molecule has 1 aliphatic rings. The molecular weight excluding hydrogens is 298 g/mol. The summed E-state index contributed by atoms with van der Waals surface area (Å²) in [4.78, 5) is 37.0. The second-order valence-corrected chi connectivity index (χ2v) is 5.76. The summed E-state index contributed by atoms with van der Waals surface area (Å²) in [6.07, 6.45) is 4.29. The van der Waals surface area contributed by atoms with Crippen LogP contribution in [0.1, 0.15) is 23.3 Å². The van der Waals surface area contributed by atoms with Gasteiger partial charge in [-0.3, -0.25) is 9.59 Å². The third-order valence-electron chi connectivity index (χ3n) is 4.08. The maximum atomic E-state index is 12.8. The number of aromatic nitrogens is 2. The Kier molecular flexibility index (Phi) is 5.15. The number of amides is 2. The van der Waals surface area contributed by atoms with E-state index in [1.807, 2.05) is 14.1 Å². The molecule has 8 nitrogen and oxygen atoms in total. The zero-order valence-electron chi connectivity index (χ0n) is 14.0. The Balaban J connectivity index is 2.30. The van der Waals surface area contributed by atoms with Crippen LogP contribution >= 0.6 is 0 Å². The minimum Gasteiger partial charge on any atom is -0.382 e. The molecule has 126 valence electrons. The predicted molar refractivity (Wildman–Crippen MR) is 85.3 cm³/mol. The SMILES string of the molecule is CNC(=O)C1(COC)CCCN1C(=O)c1cnc(N(C)C)cn1. The first-order chi connectivity index (χ1) is 11.0. The fourth-order valence-corrected chi connectivity index (χ4v) is 2.90. The number of nitrogens with one attached hydrogen (secondary N) is 1. The molecule has 2 rings (SSSR count). The number of hydrogen-bond acceptors (Lipinski definition) is 6. The molecule has 8 heteroatoms. The summed E-state index contributed by atoms with van der Waals surface area (Å²) in [5.41, 5.74) is -0.760. The van der Waals surface area contributed by atoms with E-state index in [0.717, 1.165) is 6.42 Å². The number of methoxy groups -OCH3 is 1. The first-order valence-electron chi connectivity index (χ1n) is 7.48. The van der Waals surface area contributed by atoms with Crippen LogP contribution in [0.3, 0.4) is 0 Å². The summed E-state index contributed by atoms with van der Waals surface area (Å²) in [5, 5.41) is 2.64. The summed E-state index contributed by atoms with van der Waals surface area (Å²) >= 11 is 0. The molecular formula is C15H23N5O3. The van der Waals surface area contributed by atoms with Gasteiger partial charge in [-0.15, -0.1) is 0 Å². The van der Waals surface area contributed by atoms with E-state index in [0.29, 0.717) is 18.8 Å². The normalized spacial score (nSPS) is 20.4. The number of carbonyl (C=O) groups is 2. The summed E-state index contributed by atoms with van der Waals surface area (Å²) in [5.74, 6) is 0.140. The molecule has 0 spiro atoms. The number of nitrogens with zero attached hydrogens (tertiary/aromatic N) is 4. The van der Waals surface area contributed by atoms with E-state index in [1.54, 1.807) is 23.0 Å². The van der Waals surface area contributed by atoms with Crippen LogP contribution in [-0.2, 0) is 9.53 Å². The van der Waals surface area contributed by atoms with E-state index in [4.69, 9.17) is 4.74 Å². The van der Waals surface area contributed by atoms with Gasteiger partial charge in [0.15, 0.2) is 0 Å². The minimum atomic E-state index is -0.984. The highest BCUT2D eigenvalue weighted by atomic mass is 16.5. The average molecular weight is 321 g/mol. The van der Waals surface area contributed by atoms with Gasteiger partial charge in [-0.25, -0.2) is 9.97 Å². The molecule has 1 aromatic rings. The molecule has 1 N–H and O–H groups in total. The highest BCUT2D eigenvalue weighted by Crippen LogP contribution is 2.31. The number of hydrogen-bond donors (Lipinski definition) is 1. The van der Waals surface area contributed by atoms with Crippen molar-refractivity contribution in [2.75, 3.05) is 46.3 Å². The molecule has 1 aliphatic heterocycles. The lowest BCUT2D eigenvalue weighted by Gasteiger charge is -2.35. The molecule has 0 aromatic carbocycles.